The van der Waals surface area contributed by atoms with Gasteiger partial charge in [0, 0.05) is 19.1 Å². The molecule has 0 unspecified atom stereocenters. The number of furan rings is 1. The maximum atomic E-state index is 12.4. The van der Waals surface area contributed by atoms with Crippen molar-refractivity contribution in [1.29, 1.82) is 0 Å². The van der Waals surface area contributed by atoms with Crippen molar-refractivity contribution in [3.8, 4) is 0 Å². The van der Waals surface area contributed by atoms with Gasteiger partial charge >= 0.3 is 0 Å². The lowest BCUT2D eigenvalue weighted by atomic mass is 10.2. The van der Waals surface area contributed by atoms with Gasteiger partial charge in [-0.2, -0.15) is 4.31 Å². The number of carbonyl (C=O) groups excluding carboxylic acids is 1. The maximum absolute atomic E-state index is 12.4. The molecule has 22 heavy (non-hydrogen) atoms. The van der Waals surface area contributed by atoms with E-state index in [0.29, 0.717) is 13.2 Å². The van der Waals surface area contributed by atoms with Crippen molar-refractivity contribution in [3.05, 3.63) is 17.9 Å². The molecule has 0 atom stereocenters. The van der Waals surface area contributed by atoms with Crippen LogP contribution in [-0.2, 0) is 14.8 Å². The highest BCUT2D eigenvalue weighted by Crippen LogP contribution is 2.20. The number of nitrogens with one attached hydrogen (secondary N) is 1. The quantitative estimate of drug-likeness (QED) is 0.847. The van der Waals surface area contributed by atoms with Crippen molar-refractivity contribution in [2.75, 3.05) is 26.3 Å². The van der Waals surface area contributed by atoms with Crippen LogP contribution in [0, 0.1) is 0 Å². The number of rotatable bonds is 6. The van der Waals surface area contributed by atoms with E-state index >= 15 is 0 Å². The van der Waals surface area contributed by atoms with Gasteiger partial charge in [0.15, 0.2) is 5.76 Å². The Morgan fingerprint density at radius 3 is 2.50 bits per heavy atom. The van der Waals surface area contributed by atoms with E-state index in [2.05, 4.69) is 5.32 Å². The summed E-state index contributed by atoms with van der Waals surface area (Å²) in [7, 11) is -3.71. The van der Waals surface area contributed by atoms with Crippen LogP contribution in [0.15, 0.2) is 21.6 Å². The van der Waals surface area contributed by atoms with E-state index in [-0.39, 0.29) is 30.0 Å². The van der Waals surface area contributed by atoms with E-state index in [0.717, 1.165) is 12.8 Å². The lowest BCUT2D eigenvalue weighted by Crippen LogP contribution is -2.40. The summed E-state index contributed by atoms with van der Waals surface area (Å²) in [6.07, 6.45) is 1.61. The summed E-state index contributed by atoms with van der Waals surface area (Å²) in [5.41, 5.74) is 0. The molecule has 1 aliphatic heterocycles. The Morgan fingerprint density at radius 2 is 1.91 bits per heavy atom. The van der Waals surface area contributed by atoms with Crippen LogP contribution >= 0.6 is 0 Å². The number of hydrogen-bond acceptors (Lipinski definition) is 5. The Balaban J connectivity index is 2.11. The highest BCUT2D eigenvalue weighted by Gasteiger charge is 2.30. The van der Waals surface area contributed by atoms with Gasteiger partial charge in [0.1, 0.15) is 0 Å². The highest BCUT2D eigenvalue weighted by atomic mass is 32.2. The topological polar surface area (TPSA) is 88.9 Å². The minimum absolute atomic E-state index is 0.0127. The molecule has 1 fully saturated rings. The molecule has 8 heteroatoms. The van der Waals surface area contributed by atoms with Crippen LogP contribution in [-0.4, -0.2) is 51.0 Å². The molecule has 2 rings (SSSR count). The van der Waals surface area contributed by atoms with Crippen molar-refractivity contribution in [2.24, 2.45) is 0 Å². The minimum atomic E-state index is -3.71. The number of amides is 1. The molecule has 1 aromatic rings. The predicted octanol–water partition coefficient (Wildman–Crippen LogP) is 1.22. The van der Waals surface area contributed by atoms with Gasteiger partial charge in [0.25, 0.3) is 15.9 Å². The first-order valence-corrected chi connectivity index (χ1v) is 8.91. The zero-order chi connectivity index (χ0) is 16.2. The molecule has 0 saturated carbocycles. The molecule has 1 saturated heterocycles. The second kappa shape index (κ2) is 7.26. The number of hydrogen-bond donors (Lipinski definition) is 1. The molecule has 124 valence electrons. The van der Waals surface area contributed by atoms with Crippen LogP contribution in [0.1, 0.15) is 37.2 Å². The first-order valence-electron chi connectivity index (χ1n) is 7.47. The smallest absolute Gasteiger partial charge is 0.287 e. The van der Waals surface area contributed by atoms with Crippen LogP contribution in [0.5, 0.6) is 0 Å². The molecule has 0 radical (unpaired) electrons. The Kier molecular flexibility index (Phi) is 5.60. The molecule has 0 aromatic carbocycles. The third-order valence-electron chi connectivity index (χ3n) is 3.69. The highest BCUT2D eigenvalue weighted by molar-refractivity contribution is 7.89. The maximum Gasteiger partial charge on any atom is 0.287 e. The number of carbonyl (C=O) groups is 1. The molecule has 1 N–H and O–H groups in total. The van der Waals surface area contributed by atoms with Gasteiger partial charge in [0.2, 0.25) is 5.09 Å². The summed E-state index contributed by atoms with van der Waals surface area (Å²) in [5.74, 6) is -0.379. The average molecular weight is 330 g/mol. The van der Waals surface area contributed by atoms with Crippen molar-refractivity contribution in [1.82, 2.24) is 9.62 Å². The average Bonchev–Trinajstić information content (AvgIpc) is 3.04. The van der Waals surface area contributed by atoms with Crippen LogP contribution in [0.3, 0.4) is 0 Å². The van der Waals surface area contributed by atoms with E-state index < -0.39 is 15.9 Å². The molecule has 1 aliphatic rings. The van der Waals surface area contributed by atoms with Gasteiger partial charge in [-0.05, 0) is 25.0 Å². The first kappa shape index (κ1) is 17.0. The molecule has 0 aliphatic carbocycles. The second-order valence-electron chi connectivity index (χ2n) is 5.12. The van der Waals surface area contributed by atoms with Crippen molar-refractivity contribution in [2.45, 2.75) is 37.8 Å². The fraction of sp³-hybridized carbons (Fsp3) is 0.643. The molecule has 2 heterocycles. The Labute approximate surface area is 130 Å². The van der Waals surface area contributed by atoms with E-state index in [1.807, 2.05) is 13.8 Å². The number of sulfonamides is 1. The zero-order valence-electron chi connectivity index (χ0n) is 12.9. The van der Waals surface area contributed by atoms with E-state index in [4.69, 9.17) is 9.15 Å². The van der Waals surface area contributed by atoms with Gasteiger partial charge in [0.05, 0.1) is 13.2 Å². The Morgan fingerprint density at radius 1 is 1.27 bits per heavy atom. The van der Waals surface area contributed by atoms with Crippen molar-refractivity contribution >= 4 is 15.9 Å². The van der Waals surface area contributed by atoms with Gasteiger partial charge < -0.3 is 14.5 Å². The van der Waals surface area contributed by atoms with Gasteiger partial charge in [-0.1, -0.05) is 13.8 Å². The predicted molar refractivity (Wildman–Crippen MR) is 80.1 cm³/mol. The summed E-state index contributed by atoms with van der Waals surface area (Å²) >= 11 is 0. The van der Waals surface area contributed by atoms with E-state index in [1.54, 1.807) is 0 Å². The van der Waals surface area contributed by atoms with E-state index in [9.17, 15) is 13.2 Å². The standard InChI is InChI=1S/C14H22N2O5S/c1-3-11(4-2)15-14(17)12-5-6-13(21-12)22(18,19)16-7-9-20-10-8-16/h5-6,11H,3-4,7-10H2,1-2H3,(H,15,17). The molecule has 1 amide bonds. The number of morpholine rings is 1. The van der Waals surface area contributed by atoms with Crippen LogP contribution in [0.25, 0.3) is 0 Å². The Hall–Kier alpha value is -1.38. The van der Waals surface area contributed by atoms with Crippen LogP contribution in [0.4, 0.5) is 0 Å². The monoisotopic (exact) mass is 330 g/mol. The van der Waals surface area contributed by atoms with Gasteiger partial charge in [-0.15, -0.1) is 0 Å². The van der Waals surface area contributed by atoms with Crippen molar-refractivity contribution < 1.29 is 22.4 Å². The summed E-state index contributed by atoms with van der Waals surface area (Å²) < 4.78 is 36.5. The lowest BCUT2D eigenvalue weighted by Gasteiger charge is -2.24. The SMILES string of the molecule is CCC(CC)NC(=O)c1ccc(S(=O)(=O)N2CCOCC2)o1. The minimum Gasteiger partial charge on any atom is -0.438 e. The summed E-state index contributed by atoms with van der Waals surface area (Å²) in [5, 5.41) is 2.61. The zero-order valence-corrected chi connectivity index (χ0v) is 13.7. The molecule has 0 bridgehead atoms. The number of ether oxygens (including phenoxy) is 1. The Bertz CT molecular complexity index is 601. The van der Waals surface area contributed by atoms with Crippen LogP contribution < -0.4 is 5.32 Å². The third kappa shape index (κ3) is 3.68. The normalized spacial score (nSPS) is 16.9. The molecular weight excluding hydrogens is 308 g/mol. The summed E-state index contributed by atoms with van der Waals surface area (Å²) in [4.78, 5) is 12.1. The second-order valence-corrected chi connectivity index (χ2v) is 6.99. The largest absolute Gasteiger partial charge is 0.438 e. The van der Waals surface area contributed by atoms with Crippen LogP contribution in [0.2, 0.25) is 0 Å². The molecular formula is C14H22N2O5S. The fourth-order valence-corrected chi connectivity index (χ4v) is 3.56. The van der Waals surface area contributed by atoms with Crippen molar-refractivity contribution in [3.63, 3.8) is 0 Å². The molecule has 1 aromatic heterocycles. The lowest BCUT2D eigenvalue weighted by molar-refractivity contribution is 0.0722. The van der Waals surface area contributed by atoms with Gasteiger partial charge in [-0.3, -0.25) is 4.79 Å². The summed E-state index contributed by atoms with van der Waals surface area (Å²) in [6.45, 7) is 5.26. The molecule has 0 spiro atoms. The van der Waals surface area contributed by atoms with Gasteiger partial charge in [-0.25, -0.2) is 8.42 Å². The third-order valence-corrected chi connectivity index (χ3v) is 5.46. The fourth-order valence-electron chi connectivity index (χ4n) is 2.24. The summed E-state index contributed by atoms with van der Waals surface area (Å²) in [6, 6.07) is 2.77. The molecule has 7 nitrogen and oxygen atoms in total. The van der Waals surface area contributed by atoms with E-state index in [1.165, 1.54) is 16.4 Å². The number of nitrogens with zero attached hydrogens (tertiary/aromatic N) is 1. The first-order chi connectivity index (χ1) is 10.5.